The Morgan fingerprint density at radius 3 is 2.52 bits per heavy atom. The van der Waals surface area contributed by atoms with Crippen molar-refractivity contribution in [1.82, 2.24) is 14.3 Å². The van der Waals surface area contributed by atoms with E-state index in [1.807, 2.05) is 61.9 Å². The Bertz CT molecular complexity index is 1030. The van der Waals surface area contributed by atoms with Crippen LogP contribution in [0.4, 0.5) is 0 Å². The van der Waals surface area contributed by atoms with E-state index in [-0.39, 0.29) is 0 Å². The van der Waals surface area contributed by atoms with E-state index in [1.54, 1.807) is 19.6 Å². The normalized spacial score (nSPS) is 12.4. The number of benzene rings is 1. The molecule has 0 saturated carbocycles. The first-order valence-electron chi connectivity index (χ1n) is 9.38. The summed E-state index contributed by atoms with van der Waals surface area (Å²) < 4.78 is 36.4. The van der Waals surface area contributed by atoms with Crippen LogP contribution in [0.1, 0.15) is 31.2 Å². The summed E-state index contributed by atoms with van der Waals surface area (Å²) in [4.78, 5) is 5.04. The van der Waals surface area contributed by atoms with Gasteiger partial charge in [0.2, 0.25) is 0 Å². The van der Waals surface area contributed by atoms with Crippen LogP contribution in [0.5, 0.6) is 0 Å². The topological polar surface area (TPSA) is 73.2 Å². The molecule has 0 bridgehead atoms. The molecule has 6 nitrogen and oxygen atoms in total. The van der Waals surface area contributed by atoms with Crippen molar-refractivity contribution in [3.05, 3.63) is 59.5 Å². The van der Waals surface area contributed by atoms with Crippen LogP contribution in [0.3, 0.4) is 0 Å². The molecule has 2 aromatic heterocycles. The van der Waals surface area contributed by atoms with Crippen molar-refractivity contribution in [3.63, 3.8) is 0 Å². The summed E-state index contributed by atoms with van der Waals surface area (Å²) in [7, 11) is -1.99. The maximum Gasteiger partial charge on any atom is 0.251 e. The van der Waals surface area contributed by atoms with Gasteiger partial charge in [0.1, 0.15) is 4.21 Å². The van der Waals surface area contributed by atoms with Crippen molar-refractivity contribution in [1.29, 1.82) is 0 Å². The highest BCUT2D eigenvalue weighted by Gasteiger charge is 2.27. The van der Waals surface area contributed by atoms with Crippen LogP contribution in [0, 0.1) is 0 Å². The van der Waals surface area contributed by atoms with Gasteiger partial charge in [0.05, 0.1) is 12.9 Å². The number of thiophene rings is 1. The number of ether oxygens (including phenoxy) is 1. The van der Waals surface area contributed by atoms with Gasteiger partial charge in [-0.15, -0.1) is 11.3 Å². The minimum absolute atomic E-state index is 0.348. The molecule has 0 aliphatic carbocycles. The Labute approximate surface area is 176 Å². The summed E-state index contributed by atoms with van der Waals surface area (Å²) in [5, 5.41) is 0. The van der Waals surface area contributed by atoms with Gasteiger partial charge in [-0.25, -0.2) is 18.1 Å². The number of aromatic nitrogens is 2. The maximum atomic E-state index is 13.1. The monoisotopic (exact) mass is 433 g/mol. The Morgan fingerprint density at radius 2 is 1.93 bits per heavy atom. The second-order valence-electron chi connectivity index (χ2n) is 7.94. The molecule has 0 saturated heterocycles. The van der Waals surface area contributed by atoms with Crippen molar-refractivity contribution in [2.24, 2.45) is 0 Å². The molecule has 0 aliphatic heterocycles. The lowest BCUT2D eigenvalue weighted by Crippen LogP contribution is -2.40. The average molecular weight is 434 g/mol. The van der Waals surface area contributed by atoms with Crippen LogP contribution in [-0.2, 0) is 27.7 Å². The number of hydrogen-bond donors (Lipinski definition) is 1. The zero-order valence-electron chi connectivity index (χ0n) is 17.2. The Morgan fingerprint density at radius 1 is 1.21 bits per heavy atom. The lowest BCUT2D eigenvalue weighted by atomic mass is 10.1. The molecule has 0 radical (unpaired) electrons. The smallest absolute Gasteiger partial charge is 0.251 e. The summed E-state index contributed by atoms with van der Waals surface area (Å²) >= 11 is 1.31. The summed E-state index contributed by atoms with van der Waals surface area (Å²) in [6.07, 6.45) is 6.12. The van der Waals surface area contributed by atoms with E-state index in [2.05, 4.69) is 9.71 Å². The highest BCUT2D eigenvalue weighted by Crippen LogP contribution is 2.36. The molecule has 8 heteroatoms. The summed E-state index contributed by atoms with van der Waals surface area (Å²) in [5.74, 6) is 0. The molecule has 0 unspecified atom stereocenters. The minimum Gasteiger partial charge on any atom is -0.384 e. The quantitative estimate of drug-likeness (QED) is 0.584. The SMILES string of the molecule is COCCc1cc(-c2ccc(Cn3ccnc3)cc2)c(S(=O)(=O)NC(C)(C)C)s1. The zero-order valence-corrected chi connectivity index (χ0v) is 18.8. The summed E-state index contributed by atoms with van der Waals surface area (Å²) in [5.41, 5.74) is 2.18. The number of rotatable bonds is 8. The molecule has 29 heavy (non-hydrogen) atoms. The predicted molar refractivity (Wildman–Crippen MR) is 117 cm³/mol. The van der Waals surface area contributed by atoms with Gasteiger partial charge in [-0.05, 0) is 38.0 Å². The largest absolute Gasteiger partial charge is 0.384 e. The molecular weight excluding hydrogens is 406 g/mol. The fraction of sp³-hybridized carbons (Fsp3) is 0.381. The van der Waals surface area contributed by atoms with E-state index in [4.69, 9.17) is 4.74 Å². The van der Waals surface area contributed by atoms with Gasteiger partial charge in [0, 0.05) is 48.4 Å². The van der Waals surface area contributed by atoms with Crippen LogP contribution in [0.2, 0.25) is 0 Å². The van der Waals surface area contributed by atoms with Gasteiger partial charge < -0.3 is 9.30 Å². The van der Waals surface area contributed by atoms with Crippen LogP contribution in [0.15, 0.2) is 53.3 Å². The van der Waals surface area contributed by atoms with Crippen molar-refractivity contribution < 1.29 is 13.2 Å². The van der Waals surface area contributed by atoms with Crippen molar-refractivity contribution >= 4 is 21.4 Å². The highest BCUT2D eigenvalue weighted by molar-refractivity contribution is 7.91. The number of methoxy groups -OCH3 is 1. The molecule has 1 aromatic carbocycles. The second kappa shape index (κ2) is 8.79. The van der Waals surface area contributed by atoms with Gasteiger partial charge in [-0.3, -0.25) is 0 Å². The number of nitrogens with one attached hydrogen (secondary N) is 1. The van der Waals surface area contributed by atoms with E-state index < -0.39 is 15.6 Å². The van der Waals surface area contributed by atoms with Crippen molar-refractivity contribution in [2.45, 2.75) is 43.5 Å². The van der Waals surface area contributed by atoms with Crippen LogP contribution < -0.4 is 4.72 Å². The van der Waals surface area contributed by atoms with Gasteiger partial charge in [-0.2, -0.15) is 0 Å². The van der Waals surface area contributed by atoms with Gasteiger partial charge >= 0.3 is 0 Å². The van der Waals surface area contributed by atoms with Crippen molar-refractivity contribution in [2.75, 3.05) is 13.7 Å². The fourth-order valence-electron chi connectivity index (χ4n) is 2.98. The summed E-state index contributed by atoms with van der Waals surface area (Å²) in [6.45, 7) is 6.80. The lowest BCUT2D eigenvalue weighted by molar-refractivity contribution is 0.203. The predicted octanol–water partition coefficient (Wildman–Crippen LogP) is 3.93. The second-order valence-corrected chi connectivity index (χ2v) is 11.0. The van der Waals surface area contributed by atoms with Gasteiger partial charge in [-0.1, -0.05) is 24.3 Å². The van der Waals surface area contributed by atoms with E-state index in [1.165, 1.54) is 11.3 Å². The summed E-state index contributed by atoms with van der Waals surface area (Å²) in [6, 6.07) is 9.96. The molecule has 3 aromatic rings. The molecule has 0 atom stereocenters. The van der Waals surface area contributed by atoms with Crippen LogP contribution in [0.25, 0.3) is 11.1 Å². The first kappa shape index (κ1) is 21.7. The molecule has 1 N–H and O–H groups in total. The van der Waals surface area contributed by atoms with E-state index in [9.17, 15) is 8.42 Å². The molecule has 0 amide bonds. The lowest BCUT2D eigenvalue weighted by Gasteiger charge is -2.20. The third kappa shape index (κ3) is 5.76. The van der Waals surface area contributed by atoms with E-state index in [0.717, 1.165) is 28.1 Å². The minimum atomic E-state index is -3.64. The third-order valence-corrected chi connectivity index (χ3v) is 7.66. The molecular formula is C21H27N3O3S2. The Balaban J connectivity index is 1.95. The molecule has 0 spiro atoms. The van der Waals surface area contributed by atoms with Crippen LogP contribution in [-0.4, -0.2) is 37.2 Å². The first-order valence-corrected chi connectivity index (χ1v) is 11.7. The average Bonchev–Trinajstić information content (AvgIpc) is 3.28. The van der Waals surface area contributed by atoms with E-state index >= 15 is 0 Å². The van der Waals surface area contributed by atoms with Gasteiger partial charge in [0.15, 0.2) is 0 Å². The molecule has 0 aliphatic rings. The van der Waals surface area contributed by atoms with Crippen LogP contribution >= 0.6 is 11.3 Å². The fourth-order valence-corrected chi connectivity index (χ4v) is 6.12. The number of sulfonamides is 1. The number of nitrogens with zero attached hydrogens (tertiary/aromatic N) is 2. The third-order valence-electron chi connectivity index (χ3n) is 4.18. The number of hydrogen-bond acceptors (Lipinski definition) is 5. The zero-order chi connectivity index (χ0) is 21.1. The molecule has 3 rings (SSSR count). The Hall–Kier alpha value is -2.00. The molecule has 0 fully saturated rings. The highest BCUT2D eigenvalue weighted by atomic mass is 32.2. The number of imidazole rings is 1. The van der Waals surface area contributed by atoms with Crippen molar-refractivity contribution in [3.8, 4) is 11.1 Å². The Kier molecular flexibility index (Phi) is 6.58. The standard InChI is InChI=1S/C21H27N3O3S2/c1-21(2,3)23-29(25,26)20-19(13-18(28-20)9-12-27-4)17-7-5-16(6-8-17)14-24-11-10-22-15-24/h5-8,10-11,13,15,23H,9,12,14H2,1-4H3. The first-order chi connectivity index (χ1) is 13.7. The van der Waals surface area contributed by atoms with E-state index in [0.29, 0.717) is 17.2 Å². The van der Waals surface area contributed by atoms with Gasteiger partial charge in [0.25, 0.3) is 10.0 Å². The molecule has 156 valence electrons. The maximum absolute atomic E-state index is 13.1. The molecule has 2 heterocycles.